The zero-order valence-electron chi connectivity index (χ0n) is 22.5. The van der Waals surface area contributed by atoms with Crippen LogP contribution >= 0.6 is 0 Å². The number of nitrogens with two attached hydrogens (primary N) is 1. The highest BCUT2D eigenvalue weighted by atomic mass is 16.5. The Labute approximate surface area is 220 Å². The second kappa shape index (κ2) is 9.16. The molecule has 1 aliphatic heterocycles. The van der Waals surface area contributed by atoms with Crippen molar-refractivity contribution in [2.75, 3.05) is 26.1 Å². The quantitative estimate of drug-likeness (QED) is 0.594. The molecule has 0 radical (unpaired) electrons. The van der Waals surface area contributed by atoms with Gasteiger partial charge in [-0.25, -0.2) is 4.99 Å². The fourth-order valence-electron chi connectivity index (χ4n) is 7.11. The SMILES string of the molecule is COC1CCC2(CC1)Cc1ccc(CCC3CC3)cc1C21N=C(N)N(Cc2cccc(N(C)C)c2)C1=O. The Morgan fingerprint density at radius 2 is 1.86 bits per heavy atom. The van der Waals surface area contributed by atoms with Crippen LogP contribution in [-0.2, 0) is 34.5 Å². The highest BCUT2D eigenvalue weighted by Gasteiger charge is 2.66. The molecule has 2 N–H and O–H groups in total. The Hall–Kier alpha value is -2.86. The first-order chi connectivity index (χ1) is 17.8. The molecule has 2 aromatic rings. The highest BCUT2D eigenvalue weighted by Crippen LogP contribution is 2.62. The number of guanidine groups is 1. The smallest absolute Gasteiger partial charge is 0.262 e. The third-order valence-corrected chi connectivity index (χ3v) is 9.50. The van der Waals surface area contributed by atoms with Crippen LogP contribution in [-0.4, -0.2) is 44.1 Å². The van der Waals surface area contributed by atoms with E-state index in [0.717, 1.165) is 61.3 Å². The third-order valence-electron chi connectivity index (χ3n) is 9.50. The highest BCUT2D eigenvalue weighted by molar-refractivity contribution is 6.08. The summed E-state index contributed by atoms with van der Waals surface area (Å²) in [5.41, 5.74) is 11.3. The summed E-state index contributed by atoms with van der Waals surface area (Å²) in [6.45, 7) is 0.436. The summed E-state index contributed by atoms with van der Waals surface area (Å²) in [6, 6.07) is 15.2. The molecule has 196 valence electrons. The minimum Gasteiger partial charge on any atom is -0.381 e. The Morgan fingerprint density at radius 1 is 1.08 bits per heavy atom. The van der Waals surface area contributed by atoms with E-state index in [1.54, 1.807) is 12.0 Å². The predicted molar refractivity (Wildman–Crippen MR) is 148 cm³/mol. The van der Waals surface area contributed by atoms with Crippen LogP contribution in [0.2, 0.25) is 0 Å². The molecule has 0 aromatic heterocycles. The van der Waals surface area contributed by atoms with Crippen LogP contribution in [0.3, 0.4) is 0 Å². The lowest BCUT2D eigenvalue weighted by Gasteiger charge is -2.45. The van der Waals surface area contributed by atoms with Crippen molar-refractivity contribution in [2.45, 2.75) is 76.0 Å². The first kappa shape index (κ1) is 24.5. The Balaban J connectivity index is 1.38. The molecule has 0 saturated heterocycles. The molecule has 6 heteroatoms. The molecular formula is C31H40N4O2. The summed E-state index contributed by atoms with van der Waals surface area (Å²) in [6.07, 6.45) is 9.92. The summed E-state index contributed by atoms with van der Waals surface area (Å²) in [4.78, 5) is 23.6. The molecule has 2 fully saturated rings. The molecule has 1 atom stereocenters. The van der Waals surface area contributed by atoms with Crippen molar-refractivity contribution >= 4 is 17.6 Å². The summed E-state index contributed by atoms with van der Waals surface area (Å²) < 4.78 is 5.72. The number of methoxy groups -OCH3 is 1. The number of carbonyl (C=O) groups is 1. The second-order valence-corrected chi connectivity index (χ2v) is 12.0. The van der Waals surface area contributed by atoms with Crippen molar-refractivity contribution in [2.24, 2.45) is 22.1 Å². The van der Waals surface area contributed by atoms with E-state index in [9.17, 15) is 4.79 Å². The molecule has 6 rings (SSSR count). The van der Waals surface area contributed by atoms with Gasteiger partial charge in [0.05, 0.1) is 12.6 Å². The molecule has 4 aliphatic rings. The average molecular weight is 501 g/mol. The molecular weight excluding hydrogens is 460 g/mol. The maximum absolute atomic E-state index is 14.6. The van der Waals surface area contributed by atoms with Crippen molar-refractivity contribution in [3.05, 3.63) is 64.7 Å². The van der Waals surface area contributed by atoms with Gasteiger partial charge in [0.2, 0.25) is 0 Å². The van der Waals surface area contributed by atoms with Crippen molar-refractivity contribution in [1.29, 1.82) is 0 Å². The number of amides is 1. The van der Waals surface area contributed by atoms with Gasteiger partial charge in [-0.3, -0.25) is 9.69 Å². The van der Waals surface area contributed by atoms with E-state index >= 15 is 0 Å². The number of aryl methyl sites for hydroxylation is 1. The zero-order valence-corrected chi connectivity index (χ0v) is 22.5. The largest absolute Gasteiger partial charge is 0.381 e. The lowest BCUT2D eigenvalue weighted by Crippen LogP contribution is -2.52. The number of anilines is 1. The monoisotopic (exact) mass is 500 g/mol. The summed E-state index contributed by atoms with van der Waals surface area (Å²) in [7, 11) is 5.86. The van der Waals surface area contributed by atoms with Gasteiger partial charge in [-0.15, -0.1) is 0 Å². The Kier molecular flexibility index (Phi) is 6.06. The maximum Gasteiger partial charge on any atom is 0.262 e. The van der Waals surface area contributed by atoms with Gasteiger partial charge in [-0.2, -0.15) is 0 Å². The maximum atomic E-state index is 14.6. The minimum absolute atomic E-state index is 0.0502. The van der Waals surface area contributed by atoms with E-state index in [2.05, 4.69) is 41.3 Å². The molecule has 0 bridgehead atoms. The number of hydrogen-bond acceptors (Lipinski definition) is 5. The van der Waals surface area contributed by atoms with Crippen LogP contribution in [0.5, 0.6) is 0 Å². The predicted octanol–water partition coefficient (Wildman–Crippen LogP) is 4.78. The minimum atomic E-state index is -0.931. The van der Waals surface area contributed by atoms with Crippen molar-refractivity contribution < 1.29 is 9.53 Å². The first-order valence-corrected chi connectivity index (χ1v) is 13.9. The molecule has 1 unspecified atom stereocenters. The van der Waals surface area contributed by atoms with Crippen LogP contribution in [0.15, 0.2) is 47.5 Å². The van der Waals surface area contributed by atoms with Crippen LogP contribution in [0, 0.1) is 11.3 Å². The molecule has 2 spiro atoms. The van der Waals surface area contributed by atoms with Gasteiger partial charge < -0.3 is 15.4 Å². The number of ether oxygens (including phenoxy) is 1. The standard InChI is InChI=1S/C31H40N4O2/c1-34(2)25-6-4-5-23(17-25)20-35-28(36)31(33-29(35)32)27-18-22(10-9-21-7-8-21)11-12-24(27)19-30(31)15-13-26(37-3)14-16-30/h4-6,11-12,17-18,21,26H,7-10,13-16,19-20H2,1-3H3,(H2,32,33). The van der Waals surface area contributed by atoms with Crippen molar-refractivity contribution in [3.63, 3.8) is 0 Å². The van der Waals surface area contributed by atoms with Gasteiger partial charge in [0.25, 0.3) is 5.91 Å². The third kappa shape index (κ3) is 4.04. The molecule has 37 heavy (non-hydrogen) atoms. The Morgan fingerprint density at radius 3 is 2.57 bits per heavy atom. The topological polar surface area (TPSA) is 71.2 Å². The van der Waals surface area contributed by atoms with E-state index in [0.29, 0.717) is 12.5 Å². The van der Waals surface area contributed by atoms with Gasteiger partial charge >= 0.3 is 0 Å². The number of fused-ring (bicyclic) bond motifs is 3. The molecule has 3 aliphatic carbocycles. The second-order valence-electron chi connectivity index (χ2n) is 12.0. The van der Waals surface area contributed by atoms with Crippen molar-refractivity contribution in [1.82, 2.24) is 4.90 Å². The first-order valence-electron chi connectivity index (χ1n) is 13.9. The number of benzene rings is 2. The molecule has 2 aromatic carbocycles. The van der Waals surface area contributed by atoms with Crippen molar-refractivity contribution in [3.8, 4) is 0 Å². The number of hydrogen-bond donors (Lipinski definition) is 1. The number of rotatable bonds is 7. The number of aliphatic imine (C=N–C) groups is 1. The van der Waals surface area contributed by atoms with Gasteiger partial charge in [0, 0.05) is 32.3 Å². The molecule has 6 nitrogen and oxygen atoms in total. The summed E-state index contributed by atoms with van der Waals surface area (Å²) in [5.74, 6) is 1.28. The number of nitrogens with zero attached hydrogens (tertiary/aromatic N) is 3. The lowest BCUT2D eigenvalue weighted by molar-refractivity contribution is -0.138. The molecule has 2 saturated carbocycles. The normalized spacial score (nSPS) is 28.7. The number of carbonyl (C=O) groups excluding carboxylic acids is 1. The fraction of sp³-hybridized carbons (Fsp3) is 0.548. The zero-order chi connectivity index (χ0) is 25.8. The van der Waals surface area contributed by atoms with E-state index in [-0.39, 0.29) is 17.4 Å². The van der Waals surface area contributed by atoms with Gasteiger partial charge in [-0.1, -0.05) is 43.2 Å². The summed E-state index contributed by atoms with van der Waals surface area (Å²) >= 11 is 0. The van der Waals surface area contributed by atoms with Gasteiger partial charge in [0.15, 0.2) is 11.5 Å². The van der Waals surface area contributed by atoms with Gasteiger partial charge in [-0.05, 0) is 85.3 Å². The van der Waals surface area contributed by atoms with E-state index in [4.69, 9.17) is 15.5 Å². The summed E-state index contributed by atoms with van der Waals surface area (Å²) in [5, 5.41) is 0. The van der Waals surface area contributed by atoms with Crippen LogP contribution in [0.1, 0.15) is 67.2 Å². The van der Waals surface area contributed by atoms with Crippen LogP contribution in [0.4, 0.5) is 5.69 Å². The lowest BCUT2D eigenvalue weighted by atomic mass is 9.61. The van der Waals surface area contributed by atoms with Gasteiger partial charge in [0.1, 0.15) is 0 Å². The van der Waals surface area contributed by atoms with Crippen LogP contribution in [0.25, 0.3) is 0 Å². The van der Waals surface area contributed by atoms with E-state index < -0.39 is 5.54 Å². The van der Waals surface area contributed by atoms with E-state index in [1.165, 1.54) is 30.4 Å². The average Bonchev–Trinajstić information content (AvgIpc) is 3.66. The fourth-order valence-corrected chi connectivity index (χ4v) is 7.11. The van der Waals surface area contributed by atoms with E-state index in [1.807, 2.05) is 20.2 Å². The van der Waals surface area contributed by atoms with Crippen LogP contribution < -0.4 is 10.6 Å². The molecule has 1 amide bonds. The molecule has 1 heterocycles. The Bertz CT molecular complexity index is 1230.